The van der Waals surface area contributed by atoms with Crippen LogP contribution >= 0.6 is 11.8 Å². The van der Waals surface area contributed by atoms with E-state index >= 15 is 0 Å². The Kier molecular flexibility index (Phi) is 9.14. The molecule has 8 nitrogen and oxygen atoms in total. The first-order valence-electron chi connectivity index (χ1n) is 10.7. The zero-order valence-electron chi connectivity index (χ0n) is 19.4. The number of nitrogens with zero attached hydrogens (tertiary/aromatic N) is 3. The van der Waals surface area contributed by atoms with Crippen LogP contribution in [0.3, 0.4) is 0 Å². The van der Waals surface area contributed by atoms with Crippen molar-refractivity contribution in [1.82, 2.24) is 20.1 Å². The number of nitrogens with one attached hydrogen (secondary N) is 1. The largest absolute Gasteiger partial charge is 0.493 e. The minimum Gasteiger partial charge on any atom is -0.493 e. The average Bonchev–Trinajstić information content (AvgIpc) is 3.24. The van der Waals surface area contributed by atoms with Gasteiger partial charge in [0.05, 0.1) is 19.5 Å². The van der Waals surface area contributed by atoms with Crippen LogP contribution in [0.25, 0.3) is 11.4 Å². The molecule has 0 aliphatic rings. The standard InChI is InChI=1S/C24H30N4O4S/c1-17(23(29)25-16-18-9-6-5-7-10-18)33-24-27-26-22(28(24)13-8-14-30-2)19-11-12-20(31-3)21(15-19)32-4/h5-7,9-12,15,17H,8,13-14,16H2,1-4H3,(H,25,29). The van der Waals surface area contributed by atoms with Crippen LogP contribution < -0.4 is 14.8 Å². The van der Waals surface area contributed by atoms with Crippen LogP contribution in [0.1, 0.15) is 18.9 Å². The molecule has 0 spiro atoms. The van der Waals surface area contributed by atoms with E-state index in [0.717, 1.165) is 17.5 Å². The predicted molar refractivity (Wildman–Crippen MR) is 129 cm³/mol. The Morgan fingerprint density at radius 3 is 2.52 bits per heavy atom. The third kappa shape index (κ3) is 6.49. The Hall–Kier alpha value is -3.04. The monoisotopic (exact) mass is 470 g/mol. The molecule has 1 aromatic heterocycles. The smallest absolute Gasteiger partial charge is 0.233 e. The fourth-order valence-corrected chi connectivity index (χ4v) is 4.17. The minimum absolute atomic E-state index is 0.0528. The molecule has 1 N–H and O–H groups in total. The molecule has 0 saturated heterocycles. The highest BCUT2D eigenvalue weighted by Crippen LogP contribution is 2.33. The van der Waals surface area contributed by atoms with Gasteiger partial charge in [-0.05, 0) is 37.1 Å². The van der Waals surface area contributed by atoms with Crippen LogP contribution in [-0.2, 0) is 22.6 Å². The topological polar surface area (TPSA) is 87.5 Å². The number of methoxy groups -OCH3 is 3. The van der Waals surface area contributed by atoms with Gasteiger partial charge < -0.3 is 24.1 Å². The summed E-state index contributed by atoms with van der Waals surface area (Å²) in [6.07, 6.45) is 0.789. The van der Waals surface area contributed by atoms with E-state index in [-0.39, 0.29) is 11.2 Å². The lowest BCUT2D eigenvalue weighted by molar-refractivity contribution is -0.120. The van der Waals surface area contributed by atoms with Gasteiger partial charge in [0.1, 0.15) is 0 Å². The maximum absolute atomic E-state index is 12.7. The molecule has 0 bridgehead atoms. The van der Waals surface area contributed by atoms with E-state index in [4.69, 9.17) is 14.2 Å². The summed E-state index contributed by atoms with van der Waals surface area (Å²) in [5.41, 5.74) is 1.91. The molecule has 33 heavy (non-hydrogen) atoms. The van der Waals surface area contributed by atoms with Gasteiger partial charge in [0, 0.05) is 32.4 Å². The number of hydrogen-bond donors (Lipinski definition) is 1. The van der Waals surface area contributed by atoms with Crippen molar-refractivity contribution < 1.29 is 19.0 Å². The van der Waals surface area contributed by atoms with E-state index in [1.807, 2.05) is 60.0 Å². The number of carbonyl (C=O) groups excluding carboxylic acids is 1. The van der Waals surface area contributed by atoms with E-state index in [0.29, 0.717) is 42.2 Å². The van der Waals surface area contributed by atoms with Crippen molar-refractivity contribution >= 4 is 17.7 Å². The highest BCUT2D eigenvalue weighted by molar-refractivity contribution is 8.00. The summed E-state index contributed by atoms with van der Waals surface area (Å²) in [7, 11) is 4.88. The maximum Gasteiger partial charge on any atom is 0.233 e. The Labute approximate surface area is 198 Å². The van der Waals surface area contributed by atoms with E-state index < -0.39 is 0 Å². The van der Waals surface area contributed by atoms with E-state index in [2.05, 4.69) is 15.5 Å². The maximum atomic E-state index is 12.7. The van der Waals surface area contributed by atoms with Crippen molar-refractivity contribution in [2.75, 3.05) is 27.9 Å². The first-order valence-corrected chi connectivity index (χ1v) is 11.6. The van der Waals surface area contributed by atoms with E-state index in [1.54, 1.807) is 21.3 Å². The Balaban J connectivity index is 1.78. The van der Waals surface area contributed by atoms with Gasteiger partial charge in [0.15, 0.2) is 22.5 Å². The van der Waals surface area contributed by atoms with E-state index in [1.165, 1.54) is 11.8 Å². The molecular weight excluding hydrogens is 440 g/mol. The lowest BCUT2D eigenvalue weighted by Crippen LogP contribution is -2.30. The summed E-state index contributed by atoms with van der Waals surface area (Å²) < 4.78 is 18.0. The Morgan fingerprint density at radius 1 is 1.06 bits per heavy atom. The second-order valence-corrected chi connectivity index (χ2v) is 8.65. The Bertz CT molecular complexity index is 1040. The van der Waals surface area contributed by atoms with Crippen LogP contribution in [0.5, 0.6) is 11.5 Å². The number of amides is 1. The summed E-state index contributed by atoms with van der Waals surface area (Å²) in [4.78, 5) is 12.7. The summed E-state index contributed by atoms with van der Waals surface area (Å²) in [6.45, 7) is 3.63. The van der Waals surface area contributed by atoms with Crippen LogP contribution in [0.4, 0.5) is 0 Å². The van der Waals surface area contributed by atoms with Gasteiger partial charge in [0.2, 0.25) is 5.91 Å². The van der Waals surface area contributed by atoms with Crippen molar-refractivity contribution in [2.45, 2.75) is 36.8 Å². The molecule has 0 aliphatic carbocycles. The molecule has 176 valence electrons. The summed E-state index contributed by atoms with van der Waals surface area (Å²) in [5.74, 6) is 1.91. The molecule has 0 saturated carbocycles. The number of rotatable bonds is 12. The van der Waals surface area contributed by atoms with Gasteiger partial charge >= 0.3 is 0 Å². The lowest BCUT2D eigenvalue weighted by atomic mass is 10.2. The first-order chi connectivity index (χ1) is 16.1. The molecule has 3 rings (SSSR count). The fraction of sp³-hybridized carbons (Fsp3) is 0.375. The van der Waals surface area contributed by atoms with Crippen LogP contribution in [0, 0.1) is 0 Å². The molecule has 3 aromatic rings. The van der Waals surface area contributed by atoms with Gasteiger partial charge in [-0.15, -0.1) is 10.2 Å². The average molecular weight is 471 g/mol. The van der Waals surface area contributed by atoms with Gasteiger partial charge in [-0.3, -0.25) is 4.79 Å². The number of hydrogen-bond acceptors (Lipinski definition) is 7. The SMILES string of the molecule is COCCCn1c(SC(C)C(=O)NCc2ccccc2)nnc1-c1ccc(OC)c(OC)c1. The minimum atomic E-state index is -0.336. The Morgan fingerprint density at radius 2 is 1.82 bits per heavy atom. The molecular formula is C24H30N4O4S. The third-order valence-corrected chi connectivity index (χ3v) is 6.13. The third-order valence-electron chi connectivity index (χ3n) is 5.05. The van der Waals surface area contributed by atoms with Gasteiger partial charge in [-0.25, -0.2) is 0 Å². The number of ether oxygens (including phenoxy) is 3. The highest BCUT2D eigenvalue weighted by atomic mass is 32.2. The molecule has 1 heterocycles. The number of aromatic nitrogens is 3. The van der Waals surface area contributed by atoms with Crippen molar-refractivity contribution in [1.29, 1.82) is 0 Å². The van der Waals surface area contributed by atoms with E-state index in [9.17, 15) is 4.79 Å². The van der Waals surface area contributed by atoms with Crippen LogP contribution in [0.2, 0.25) is 0 Å². The predicted octanol–water partition coefficient (Wildman–Crippen LogP) is 3.80. The normalized spacial score (nSPS) is 11.8. The zero-order chi connectivity index (χ0) is 23.6. The number of carbonyl (C=O) groups is 1. The molecule has 2 aromatic carbocycles. The fourth-order valence-electron chi connectivity index (χ4n) is 3.27. The zero-order valence-corrected chi connectivity index (χ0v) is 20.2. The second-order valence-electron chi connectivity index (χ2n) is 7.34. The lowest BCUT2D eigenvalue weighted by Gasteiger charge is -2.14. The van der Waals surface area contributed by atoms with Crippen molar-refractivity contribution in [3.05, 3.63) is 54.1 Å². The first kappa shape index (κ1) is 24.6. The van der Waals surface area contributed by atoms with Crippen molar-refractivity contribution in [2.24, 2.45) is 0 Å². The molecule has 0 radical (unpaired) electrons. The second kappa shape index (κ2) is 12.3. The summed E-state index contributed by atoms with van der Waals surface area (Å²) in [6, 6.07) is 15.5. The van der Waals surface area contributed by atoms with Gasteiger partial charge in [-0.1, -0.05) is 42.1 Å². The van der Waals surface area contributed by atoms with Crippen LogP contribution in [0.15, 0.2) is 53.7 Å². The molecule has 1 amide bonds. The molecule has 0 aliphatic heterocycles. The van der Waals surface area contributed by atoms with Gasteiger partial charge in [-0.2, -0.15) is 0 Å². The van der Waals surface area contributed by atoms with Crippen molar-refractivity contribution in [3.63, 3.8) is 0 Å². The molecule has 1 unspecified atom stereocenters. The number of thioether (sulfide) groups is 1. The van der Waals surface area contributed by atoms with Gasteiger partial charge in [0.25, 0.3) is 0 Å². The molecule has 9 heteroatoms. The van der Waals surface area contributed by atoms with Crippen molar-refractivity contribution in [3.8, 4) is 22.9 Å². The quantitative estimate of drug-likeness (QED) is 0.318. The summed E-state index contributed by atoms with van der Waals surface area (Å²) >= 11 is 1.39. The number of benzene rings is 2. The highest BCUT2D eigenvalue weighted by Gasteiger charge is 2.21. The summed E-state index contributed by atoms with van der Waals surface area (Å²) in [5, 5.41) is 12.2. The molecule has 1 atom stereocenters. The van der Waals surface area contributed by atoms with Crippen LogP contribution in [-0.4, -0.2) is 53.9 Å². The molecule has 0 fully saturated rings.